The molecule has 0 aliphatic heterocycles. The second-order valence-corrected chi connectivity index (χ2v) is 3.14. The fourth-order valence-corrected chi connectivity index (χ4v) is 1.45. The van der Waals surface area contributed by atoms with Crippen molar-refractivity contribution >= 4 is 27.5 Å². The molecule has 0 fully saturated rings. The minimum absolute atomic E-state index is 0.0106. The first-order valence-electron chi connectivity index (χ1n) is 3.13. The molecule has 0 atom stereocenters. The van der Waals surface area contributed by atoms with Crippen LogP contribution >= 0.6 is 27.5 Å². The van der Waals surface area contributed by atoms with Crippen LogP contribution < -0.4 is 0 Å². The lowest BCUT2D eigenvalue weighted by Gasteiger charge is -2.00. The zero-order chi connectivity index (χ0) is 9.14. The smallest absolute Gasteiger partial charge is 0.145 e. The fourth-order valence-electron chi connectivity index (χ4n) is 0.808. The molecule has 62 valence electrons. The van der Waals surface area contributed by atoms with Crippen molar-refractivity contribution < 1.29 is 4.39 Å². The Kier molecular flexibility index (Phi) is 3.07. The van der Waals surface area contributed by atoms with Crippen molar-refractivity contribution in [2.75, 3.05) is 0 Å². The van der Waals surface area contributed by atoms with Crippen LogP contribution in [0.25, 0.3) is 0 Å². The third kappa shape index (κ3) is 1.77. The highest BCUT2D eigenvalue weighted by Crippen LogP contribution is 2.22. The highest BCUT2D eigenvalue weighted by molar-refractivity contribution is 9.08. The third-order valence-electron chi connectivity index (χ3n) is 1.38. The molecule has 4 heteroatoms. The summed E-state index contributed by atoms with van der Waals surface area (Å²) in [6, 6.07) is 4.67. The molecule has 0 spiro atoms. The van der Waals surface area contributed by atoms with E-state index >= 15 is 0 Å². The Morgan fingerprint density at radius 2 is 2.25 bits per heavy atom. The molecule has 0 radical (unpaired) electrons. The molecular formula is C8H4BrClFN. The van der Waals surface area contributed by atoms with Gasteiger partial charge in [0.2, 0.25) is 0 Å². The summed E-state index contributed by atoms with van der Waals surface area (Å²) in [5.74, 6) is -0.465. The van der Waals surface area contributed by atoms with Gasteiger partial charge in [-0.2, -0.15) is 5.26 Å². The van der Waals surface area contributed by atoms with E-state index in [0.717, 1.165) is 0 Å². The van der Waals surface area contributed by atoms with E-state index in [9.17, 15) is 4.39 Å². The number of nitriles is 1. The number of hydrogen-bond donors (Lipinski definition) is 0. The van der Waals surface area contributed by atoms with Crippen molar-refractivity contribution in [1.29, 1.82) is 5.26 Å². The van der Waals surface area contributed by atoms with Crippen molar-refractivity contribution in [3.63, 3.8) is 0 Å². The van der Waals surface area contributed by atoms with Gasteiger partial charge in [-0.1, -0.05) is 27.5 Å². The van der Waals surface area contributed by atoms with Crippen LogP contribution in [0.1, 0.15) is 11.1 Å². The van der Waals surface area contributed by atoms with Crippen LogP contribution in [0.5, 0.6) is 0 Å². The van der Waals surface area contributed by atoms with E-state index in [4.69, 9.17) is 16.9 Å². The molecule has 0 unspecified atom stereocenters. The van der Waals surface area contributed by atoms with E-state index in [1.807, 2.05) is 6.07 Å². The van der Waals surface area contributed by atoms with Crippen LogP contribution in [0.3, 0.4) is 0 Å². The van der Waals surface area contributed by atoms with Gasteiger partial charge in [-0.3, -0.25) is 0 Å². The molecule has 0 aliphatic carbocycles. The summed E-state index contributed by atoms with van der Waals surface area (Å²) in [5.41, 5.74) is 0.773. The first-order chi connectivity index (χ1) is 5.69. The van der Waals surface area contributed by atoms with Gasteiger partial charge < -0.3 is 0 Å². The predicted molar refractivity (Wildman–Crippen MR) is 48.8 cm³/mol. The van der Waals surface area contributed by atoms with Gasteiger partial charge in [0, 0.05) is 10.9 Å². The third-order valence-corrected chi connectivity index (χ3v) is 2.26. The van der Waals surface area contributed by atoms with Crippen LogP contribution in [-0.4, -0.2) is 0 Å². The largest absolute Gasteiger partial charge is 0.205 e. The number of rotatable bonds is 1. The molecule has 1 rings (SSSR count). The lowest BCUT2D eigenvalue weighted by atomic mass is 10.1. The molecule has 1 aromatic rings. The van der Waals surface area contributed by atoms with Gasteiger partial charge in [0.25, 0.3) is 0 Å². The predicted octanol–water partition coefficient (Wildman–Crippen LogP) is 3.25. The Morgan fingerprint density at radius 1 is 1.58 bits per heavy atom. The minimum Gasteiger partial charge on any atom is -0.205 e. The number of hydrogen-bond acceptors (Lipinski definition) is 1. The zero-order valence-corrected chi connectivity index (χ0v) is 8.28. The summed E-state index contributed by atoms with van der Waals surface area (Å²) in [4.78, 5) is 0. The second kappa shape index (κ2) is 3.88. The minimum atomic E-state index is -0.465. The molecule has 0 aliphatic rings. The first kappa shape index (κ1) is 9.50. The van der Waals surface area contributed by atoms with Gasteiger partial charge in [-0.05, 0) is 12.1 Å². The first-order valence-corrected chi connectivity index (χ1v) is 4.63. The van der Waals surface area contributed by atoms with Gasteiger partial charge in [0.05, 0.1) is 16.7 Å². The zero-order valence-electron chi connectivity index (χ0n) is 5.94. The number of benzene rings is 1. The maximum Gasteiger partial charge on any atom is 0.145 e. The highest BCUT2D eigenvalue weighted by atomic mass is 79.9. The summed E-state index contributed by atoms with van der Waals surface area (Å²) in [6.07, 6.45) is 0. The van der Waals surface area contributed by atoms with Crippen LogP contribution in [0.4, 0.5) is 4.39 Å². The Morgan fingerprint density at radius 3 is 2.75 bits per heavy atom. The maximum absolute atomic E-state index is 13.0. The normalized spacial score (nSPS) is 9.50. The van der Waals surface area contributed by atoms with Gasteiger partial charge in [0.1, 0.15) is 5.82 Å². The fraction of sp³-hybridized carbons (Fsp3) is 0.125. The Hall–Kier alpha value is -0.590. The monoisotopic (exact) mass is 247 g/mol. The summed E-state index contributed by atoms with van der Waals surface area (Å²) in [5, 5.41) is 8.87. The van der Waals surface area contributed by atoms with E-state index in [2.05, 4.69) is 15.9 Å². The van der Waals surface area contributed by atoms with Crippen LogP contribution in [-0.2, 0) is 5.33 Å². The van der Waals surface area contributed by atoms with Crippen molar-refractivity contribution in [2.24, 2.45) is 0 Å². The lowest BCUT2D eigenvalue weighted by molar-refractivity contribution is 0.618. The average Bonchev–Trinajstić information content (AvgIpc) is 2.09. The van der Waals surface area contributed by atoms with Crippen LogP contribution in [0.15, 0.2) is 12.1 Å². The molecular weight excluding hydrogens is 244 g/mol. The second-order valence-electron chi connectivity index (χ2n) is 2.18. The van der Waals surface area contributed by atoms with E-state index in [-0.39, 0.29) is 5.02 Å². The molecule has 0 heterocycles. The highest BCUT2D eigenvalue weighted by Gasteiger charge is 2.07. The van der Waals surface area contributed by atoms with Gasteiger partial charge >= 0.3 is 0 Å². The van der Waals surface area contributed by atoms with Crippen LogP contribution in [0, 0.1) is 17.1 Å². The Labute approximate surface area is 82.9 Å². The van der Waals surface area contributed by atoms with E-state index < -0.39 is 5.82 Å². The Bertz CT molecular complexity index is 346. The van der Waals surface area contributed by atoms with E-state index in [1.165, 1.54) is 12.1 Å². The van der Waals surface area contributed by atoms with Crippen molar-refractivity contribution in [1.82, 2.24) is 0 Å². The molecule has 0 saturated carbocycles. The topological polar surface area (TPSA) is 23.8 Å². The van der Waals surface area contributed by atoms with Crippen molar-refractivity contribution in [2.45, 2.75) is 5.33 Å². The molecule has 12 heavy (non-hydrogen) atoms. The summed E-state index contributed by atoms with van der Waals surface area (Å²) in [6.45, 7) is 0. The number of nitrogens with zero attached hydrogens (tertiary/aromatic N) is 1. The van der Waals surface area contributed by atoms with Crippen molar-refractivity contribution in [3.8, 4) is 6.07 Å². The molecule has 0 bridgehead atoms. The van der Waals surface area contributed by atoms with E-state index in [0.29, 0.717) is 16.5 Å². The maximum atomic E-state index is 13.0. The SMILES string of the molecule is N#Cc1cc(Cl)c(F)c(CBr)c1. The summed E-state index contributed by atoms with van der Waals surface area (Å²) >= 11 is 8.63. The molecule has 1 nitrogen and oxygen atoms in total. The summed E-state index contributed by atoms with van der Waals surface area (Å²) in [7, 11) is 0. The Balaban J connectivity index is 3.31. The average molecular weight is 248 g/mol. The molecule has 1 aromatic carbocycles. The quantitative estimate of drug-likeness (QED) is 0.700. The molecule has 0 N–H and O–H groups in total. The number of halogens is 3. The molecule has 0 aromatic heterocycles. The van der Waals surface area contributed by atoms with Gasteiger partial charge in [-0.25, -0.2) is 4.39 Å². The van der Waals surface area contributed by atoms with E-state index in [1.54, 1.807) is 0 Å². The summed E-state index contributed by atoms with van der Waals surface area (Å²) < 4.78 is 13.0. The van der Waals surface area contributed by atoms with Crippen molar-refractivity contribution in [3.05, 3.63) is 34.1 Å². The number of alkyl halides is 1. The van der Waals surface area contributed by atoms with Crippen LogP contribution in [0.2, 0.25) is 5.02 Å². The van der Waals surface area contributed by atoms with Gasteiger partial charge in [0.15, 0.2) is 0 Å². The molecule has 0 amide bonds. The molecule has 0 saturated heterocycles. The standard InChI is InChI=1S/C8H4BrClFN/c9-3-6-1-5(4-12)2-7(10)8(6)11/h1-2H,3H2. The lowest BCUT2D eigenvalue weighted by Crippen LogP contribution is -1.89. The van der Waals surface area contributed by atoms with Gasteiger partial charge in [-0.15, -0.1) is 0 Å².